The van der Waals surface area contributed by atoms with Gasteiger partial charge in [0.1, 0.15) is 11.6 Å². The van der Waals surface area contributed by atoms with Crippen molar-refractivity contribution in [3.05, 3.63) is 140 Å². The molecule has 0 atom stereocenters. The van der Waals surface area contributed by atoms with Crippen molar-refractivity contribution >= 4 is 68.4 Å². The van der Waals surface area contributed by atoms with Gasteiger partial charge in [-0.05, 0) is 140 Å². The van der Waals surface area contributed by atoms with Crippen LogP contribution in [0.15, 0.2) is 83.8 Å². The van der Waals surface area contributed by atoms with Crippen molar-refractivity contribution in [1.82, 2.24) is 25.9 Å². The molecule has 9 rings (SSSR count). The molecule has 356 valence electrons. The smallest absolute Gasteiger partial charge is 0.335 e. The largest absolute Gasteiger partial charge is 0.478 e. The van der Waals surface area contributed by atoms with Gasteiger partial charge in [-0.1, -0.05) is 31.4 Å². The summed E-state index contributed by atoms with van der Waals surface area (Å²) in [6.45, 7) is 3.76. The molecule has 2 heterocycles. The average Bonchev–Trinajstić information content (AvgIpc) is 4.23. The van der Waals surface area contributed by atoms with Crippen LogP contribution in [0.1, 0.15) is 131 Å². The molecule has 0 unspecified atom stereocenters. The molecule has 0 radical (unpaired) electrons. The van der Waals surface area contributed by atoms with Crippen LogP contribution in [0, 0.1) is 31.4 Å². The molecular weight excluding hydrogens is 925 g/mol. The van der Waals surface area contributed by atoms with E-state index in [0.717, 1.165) is 44.6 Å². The minimum atomic E-state index is -1.20. The number of halogens is 2. The molecule has 0 spiro atoms. The van der Waals surface area contributed by atoms with Crippen LogP contribution in [0.2, 0.25) is 0 Å². The number of carboxylic acid groups (broad SMARTS) is 1. The summed E-state index contributed by atoms with van der Waals surface area (Å²) in [7, 11) is 0. The van der Waals surface area contributed by atoms with E-state index < -0.39 is 35.3 Å². The fraction of sp³-hybridized carbons (Fsp3) is 0.294. The van der Waals surface area contributed by atoms with Crippen LogP contribution in [0.4, 0.5) is 19.0 Å². The van der Waals surface area contributed by atoms with Crippen LogP contribution in [-0.2, 0) is 0 Å². The summed E-state index contributed by atoms with van der Waals surface area (Å²) in [6, 6.07) is 14.6. The van der Waals surface area contributed by atoms with Gasteiger partial charge in [-0.15, -0.1) is 22.7 Å². The normalized spacial score (nSPS) is 14.4. The lowest BCUT2D eigenvalue weighted by Crippen LogP contribution is -2.30. The SMILES string of the molecule is Cc1c(F)cc(C(=O)NC2CC2)cc1-c1ccc(C(=O)NCC2CCCCC2)cc1C(=O)Nc1nccs1.Cc1c(F)cc(C(=O)NC2CC2)cc1-c1ccc(C(=O)O)cc1C(=O)Nc1nccs1. The molecule has 18 heteroatoms. The van der Waals surface area contributed by atoms with Crippen LogP contribution < -0.4 is 26.6 Å². The number of hydrogen-bond donors (Lipinski definition) is 6. The fourth-order valence-corrected chi connectivity index (χ4v) is 9.06. The Kier molecular flexibility index (Phi) is 15.0. The number of anilines is 2. The summed E-state index contributed by atoms with van der Waals surface area (Å²) in [5.74, 6) is -3.91. The quantitative estimate of drug-likeness (QED) is 0.0613. The van der Waals surface area contributed by atoms with E-state index in [9.17, 15) is 38.3 Å². The van der Waals surface area contributed by atoms with Crippen LogP contribution in [-0.4, -0.2) is 69.2 Å². The van der Waals surface area contributed by atoms with Gasteiger partial charge in [0.15, 0.2) is 10.3 Å². The Morgan fingerprint density at radius 2 is 1.03 bits per heavy atom. The predicted octanol–water partition coefficient (Wildman–Crippen LogP) is 9.81. The number of thiazole rings is 2. The fourth-order valence-electron chi connectivity index (χ4n) is 8.01. The molecule has 3 fully saturated rings. The maximum atomic E-state index is 15.0. The molecule has 2 aromatic heterocycles. The van der Waals surface area contributed by atoms with Gasteiger partial charge in [-0.25, -0.2) is 23.5 Å². The summed E-state index contributed by atoms with van der Waals surface area (Å²) in [6.07, 6.45) is 12.5. The number of aromatic nitrogens is 2. The minimum Gasteiger partial charge on any atom is -0.478 e. The first kappa shape index (κ1) is 48.3. The Hall–Kier alpha value is -7.18. The van der Waals surface area contributed by atoms with Crippen LogP contribution in [0.25, 0.3) is 22.3 Å². The Labute approximate surface area is 404 Å². The lowest BCUT2D eigenvalue weighted by Gasteiger charge is -2.22. The van der Waals surface area contributed by atoms with E-state index in [2.05, 4.69) is 36.6 Å². The molecule has 3 aliphatic rings. The van der Waals surface area contributed by atoms with Crippen molar-refractivity contribution in [2.24, 2.45) is 5.92 Å². The van der Waals surface area contributed by atoms with Crippen LogP contribution >= 0.6 is 22.7 Å². The second kappa shape index (κ2) is 21.4. The third-order valence-electron chi connectivity index (χ3n) is 12.2. The topological polar surface area (TPSA) is 209 Å². The number of carbonyl (C=O) groups is 6. The van der Waals surface area contributed by atoms with Gasteiger partial charge < -0.3 is 21.1 Å². The number of rotatable bonds is 14. The number of nitrogens with one attached hydrogen (secondary N) is 5. The van der Waals surface area contributed by atoms with Crippen LogP contribution in [0.5, 0.6) is 0 Å². The molecule has 14 nitrogen and oxygen atoms in total. The highest BCUT2D eigenvalue weighted by molar-refractivity contribution is 7.14. The average molecular weight is 974 g/mol. The van der Waals surface area contributed by atoms with Crippen molar-refractivity contribution in [1.29, 1.82) is 0 Å². The Balaban J connectivity index is 0.000000190. The predicted molar refractivity (Wildman–Crippen MR) is 260 cm³/mol. The van der Waals surface area contributed by atoms with Crippen molar-refractivity contribution < 1.29 is 42.7 Å². The van der Waals surface area contributed by atoms with Gasteiger partial charge in [-0.2, -0.15) is 0 Å². The van der Waals surface area contributed by atoms with Gasteiger partial charge >= 0.3 is 5.97 Å². The molecule has 6 N–H and O–H groups in total. The summed E-state index contributed by atoms with van der Waals surface area (Å²) < 4.78 is 29.7. The summed E-state index contributed by atoms with van der Waals surface area (Å²) in [5.41, 5.74) is 2.88. The number of carboxylic acids is 1. The van der Waals surface area contributed by atoms with Gasteiger partial charge in [0.2, 0.25) is 0 Å². The lowest BCUT2D eigenvalue weighted by molar-refractivity contribution is 0.0695. The summed E-state index contributed by atoms with van der Waals surface area (Å²) in [5, 5.41) is 27.6. The van der Waals surface area contributed by atoms with Crippen molar-refractivity contribution in [3.63, 3.8) is 0 Å². The van der Waals surface area contributed by atoms with Crippen LogP contribution in [0.3, 0.4) is 0 Å². The zero-order valence-electron chi connectivity index (χ0n) is 37.7. The standard InChI is InChI=1S/C29H31FN4O3S.C22H18FN3O4S/c1-17-23(14-20(15-25(17)30)27(36)33-21-8-9-21)22-10-7-19(26(35)32-16-18-5-3-2-4-6-18)13-24(22)28(37)34-29-31-11-12-38-29;1-11-16(9-13(10-18(11)23)19(27)25-14-3-4-14)15-5-2-12(21(29)30)8-17(15)20(28)26-22-24-6-7-31-22/h7,10-15,18,21H,2-6,8-9,16H2,1H3,(H,32,35)(H,33,36)(H,31,34,37);2,5-10,14H,3-4H2,1H3,(H,25,27)(H,29,30)(H,24,26,28). The minimum absolute atomic E-state index is 0.0392. The number of nitrogens with zero attached hydrogens (tertiary/aromatic N) is 2. The number of aromatic carboxylic acids is 1. The molecule has 0 bridgehead atoms. The third-order valence-corrected chi connectivity index (χ3v) is 13.6. The summed E-state index contributed by atoms with van der Waals surface area (Å²) in [4.78, 5) is 84.1. The van der Waals surface area contributed by atoms with Gasteiger partial charge in [0.25, 0.3) is 29.5 Å². The molecule has 0 aliphatic heterocycles. The Morgan fingerprint density at radius 1 is 0.565 bits per heavy atom. The Morgan fingerprint density at radius 3 is 1.46 bits per heavy atom. The first-order valence-electron chi connectivity index (χ1n) is 22.7. The van der Waals surface area contributed by atoms with E-state index in [1.165, 1.54) is 84.5 Å². The monoisotopic (exact) mass is 973 g/mol. The first-order chi connectivity index (χ1) is 33.2. The van der Waals surface area contributed by atoms with E-state index in [1.54, 1.807) is 49.0 Å². The van der Waals surface area contributed by atoms with Gasteiger partial charge in [-0.3, -0.25) is 34.6 Å². The van der Waals surface area contributed by atoms with Gasteiger partial charge in [0, 0.05) is 69.6 Å². The highest BCUT2D eigenvalue weighted by atomic mass is 32.1. The molecule has 5 amide bonds. The molecule has 4 aromatic carbocycles. The number of hydrogen-bond acceptors (Lipinski definition) is 10. The Bertz CT molecular complexity index is 2930. The molecule has 0 saturated heterocycles. The maximum Gasteiger partial charge on any atom is 0.335 e. The highest BCUT2D eigenvalue weighted by Gasteiger charge is 2.28. The van der Waals surface area contributed by atoms with Crippen molar-refractivity contribution in [3.8, 4) is 22.3 Å². The number of benzene rings is 4. The maximum absolute atomic E-state index is 15.0. The first-order valence-corrected chi connectivity index (χ1v) is 24.4. The second-order valence-corrected chi connectivity index (χ2v) is 19.2. The molecule has 6 aromatic rings. The van der Waals surface area contributed by atoms with Crippen molar-refractivity contribution in [2.75, 3.05) is 17.2 Å². The summed E-state index contributed by atoms with van der Waals surface area (Å²) >= 11 is 2.48. The van der Waals surface area contributed by atoms with Gasteiger partial charge in [0.05, 0.1) is 5.56 Å². The number of carbonyl (C=O) groups excluding carboxylic acids is 5. The van der Waals surface area contributed by atoms with E-state index in [-0.39, 0.29) is 57.3 Å². The van der Waals surface area contributed by atoms with Crippen molar-refractivity contribution in [2.45, 2.75) is 83.7 Å². The molecule has 3 saturated carbocycles. The molecular formula is C51H49F2N7O7S2. The zero-order chi connectivity index (χ0) is 48.8. The van der Waals surface area contributed by atoms with E-state index in [1.807, 2.05) is 0 Å². The van der Waals surface area contributed by atoms with E-state index in [0.29, 0.717) is 56.1 Å². The molecule has 69 heavy (non-hydrogen) atoms. The van der Waals surface area contributed by atoms with E-state index >= 15 is 4.39 Å². The zero-order valence-corrected chi connectivity index (χ0v) is 39.4. The lowest BCUT2D eigenvalue weighted by atomic mass is 9.89. The second-order valence-electron chi connectivity index (χ2n) is 17.4. The van der Waals surface area contributed by atoms with E-state index in [4.69, 9.17) is 0 Å². The highest BCUT2D eigenvalue weighted by Crippen LogP contribution is 2.34. The molecule has 3 aliphatic carbocycles. The third kappa shape index (κ3) is 12.1. The number of amides is 5.